The van der Waals surface area contributed by atoms with Gasteiger partial charge in [-0.25, -0.2) is 0 Å². The van der Waals surface area contributed by atoms with Gasteiger partial charge >= 0.3 is 0 Å². The lowest BCUT2D eigenvalue weighted by atomic mass is 10.2. The topological polar surface area (TPSA) is 53.1 Å². The number of nitrogen functional groups attached to an aromatic ring is 1. The van der Waals surface area contributed by atoms with Gasteiger partial charge in [0.05, 0.1) is 31.6 Å². The number of hydrogen-bond donors (Lipinski definition) is 1. The summed E-state index contributed by atoms with van der Waals surface area (Å²) in [7, 11) is 0. The maximum Gasteiger partial charge on any atom is 0.0719 e. The zero-order chi connectivity index (χ0) is 11.9. The fourth-order valence-corrected chi connectivity index (χ4v) is 1.60. The lowest BCUT2D eigenvalue weighted by Crippen LogP contribution is -2.08. The standard InChI is InChI=1S/C13H17N3O/c14-13-10-15-16(11-13)7-9-17-8-6-12-4-2-1-3-5-12/h1-5,10-11H,6-9,14H2. The maximum absolute atomic E-state index is 5.56. The summed E-state index contributed by atoms with van der Waals surface area (Å²) in [5.41, 5.74) is 7.55. The Morgan fingerprint density at radius 2 is 2.00 bits per heavy atom. The summed E-state index contributed by atoms with van der Waals surface area (Å²) in [6, 6.07) is 10.3. The second kappa shape index (κ2) is 6.06. The van der Waals surface area contributed by atoms with Crippen molar-refractivity contribution in [2.45, 2.75) is 13.0 Å². The van der Waals surface area contributed by atoms with Gasteiger partial charge in [0, 0.05) is 6.20 Å². The van der Waals surface area contributed by atoms with E-state index in [1.807, 2.05) is 18.2 Å². The summed E-state index contributed by atoms with van der Waals surface area (Å²) in [5.74, 6) is 0. The van der Waals surface area contributed by atoms with E-state index < -0.39 is 0 Å². The molecule has 0 aliphatic carbocycles. The lowest BCUT2D eigenvalue weighted by molar-refractivity contribution is 0.126. The van der Waals surface area contributed by atoms with E-state index in [1.165, 1.54) is 5.56 Å². The first-order valence-corrected chi connectivity index (χ1v) is 5.74. The molecule has 0 fully saturated rings. The molecule has 2 rings (SSSR count). The Kier molecular flexibility index (Phi) is 4.16. The average molecular weight is 231 g/mol. The molecule has 0 saturated carbocycles. The van der Waals surface area contributed by atoms with E-state index in [-0.39, 0.29) is 0 Å². The Morgan fingerprint density at radius 1 is 1.18 bits per heavy atom. The number of benzene rings is 1. The highest BCUT2D eigenvalue weighted by Gasteiger charge is 1.95. The van der Waals surface area contributed by atoms with E-state index >= 15 is 0 Å². The van der Waals surface area contributed by atoms with Crippen molar-refractivity contribution in [2.75, 3.05) is 18.9 Å². The average Bonchev–Trinajstić information content (AvgIpc) is 2.76. The Labute approximate surface area is 101 Å². The molecule has 4 nitrogen and oxygen atoms in total. The zero-order valence-corrected chi connectivity index (χ0v) is 9.75. The third-order valence-corrected chi connectivity index (χ3v) is 2.50. The summed E-state index contributed by atoms with van der Waals surface area (Å²) in [6.45, 7) is 2.14. The molecule has 0 bridgehead atoms. The van der Waals surface area contributed by atoms with Crippen LogP contribution in [0.15, 0.2) is 42.7 Å². The van der Waals surface area contributed by atoms with Crippen LogP contribution in [0.2, 0.25) is 0 Å². The number of nitrogens with two attached hydrogens (primary N) is 1. The molecule has 4 heteroatoms. The third kappa shape index (κ3) is 3.92. The Morgan fingerprint density at radius 3 is 2.71 bits per heavy atom. The van der Waals surface area contributed by atoms with Crippen LogP contribution < -0.4 is 5.73 Å². The van der Waals surface area contributed by atoms with Crippen LogP contribution in [0.3, 0.4) is 0 Å². The first-order chi connectivity index (χ1) is 8.34. The van der Waals surface area contributed by atoms with Crippen LogP contribution in [-0.2, 0) is 17.7 Å². The number of nitrogens with zero attached hydrogens (tertiary/aromatic N) is 2. The van der Waals surface area contributed by atoms with Gasteiger partial charge in [0.2, 0.25) is 0 Å². The summed E-state index contributed by atoms with van der Waals surface area (Å²) >= 11 is 0. The van der Waals surface area contributed by atoms with Crippen molar-refractivity contribution in [3.8, 4) is 0 Å². The maximum atomic E-state index is 5.56. The molecule has 1 aromatic heterocycles. The number of hydrogen-bond acceptors (Lipinski definition) is 3. The highest BCUT2D eigenvalue weighted by molar-refractivity contribution is 5.30. The molecular formula is C13H17N3O. The van der Waals surface area contributed by atoms with Crippen LogP contribution in [0.25, 0.3) is 0 Å². The number of aromatic nitrogens is 2. The molecule has 0 radical (unpaired) electrons. The molecule has 90 valence electrons. The van der Waals surface area contributed by atoms with E-state index in [0.717, 1.165) is 19.6 Å². The summed E-state index contributed by atoms with van der Waals surface area (Å²) in [5, 5.41) is 4.08. The van der Waals surface area contributed by atoms with Gasteiger partial charge in [-0.1, -0.05) is 30.3 Å². The van der Waals surface area contributed by atoms with Crippen LogP contribution in [0.1, 0.15) is 5.56 Å². The van der Waals surface area contributed by atoms with Crippen molar-refractivity contribution in [3.63, 3.8) is 0 Å². The molecule has 0 atom stereocenters. The minimum absolute atomic E-state index is 0.661. The number of rotatable bonds is 6. The second-order valence-corrected chi connectivity index (χ2v) is 3.88. The summed E-state index contributed by atoms with van der Waals surface area (Å²) < 4.78 is 7.34. The van der Waals surface area contributed by atoms with Crippen molar-refractivity contribution < 1.29 is 4.74 Å². The quantitative estimate of drug-likeness (QED) is 0.770. The molecule has 0 aliphatic heterocycles. The Hall–Kier alpha value is -1.81. The molecule has 0 spiro atoms. The lowest BCUT2D eigenvalue weighted by Gasteiger charge is -2.04. The van der Waals surface area contributed by atoms with Crippen molar-refractivity contribution in [1.29, 1.82) is 0 Å². The minimum atomic E-state index is 0.661. The van der Waals surface area contributed by atoms with Gasteiger partial charge in [0.15, 0.2) is 0 Å². The monoisotopic (exact) mass is 231 g/mol. The highest BCUT2D eigenvalue weighted by atomic mass is 16.5. The molecule has 0 saturated heterocycles. The van der Waals surface area contributed by atoms with Crippen molar-refractivity contribution in [2.24, 2.45) is 0 Å². The summed E-state index contributed by atoms with van der Waals surface area (Å²) in [6.07, 6.45) is 4.40. The Bertz CT molecular complexity index is 439. The predicted molar refractivity (Wildman–Crippen MR) is 67.6 cm³/mol. The fourth-order valence-electron chi connectivity index (χ4n) is 1.60. The van der Waals surface area contributed by atoms with Crippen LogP contribution in [0, 0.1) is 0 Å². The van der Waals surface area contributed by atoms with Crippen LogP contribution in [0.5, 0.6) is 0 Å². The molecule has 1 aromatic carbocycles. The van der Waals surface area contributed by atoms with Crippen molar-refractivity contribution >= 4 is 5.69 Å². The van der Waals surface area contributed by atoms with Gasteiger partial charge in [-0.2, -0.15) is 5.10 Å². The summed E-state index contributed by atoms with van der Waals surface area (Å²) in [4.78, 5) is 0. The normalized spacial score (nSPS) is 10.6. The molecule has 17 heavy (non-hydrogen) atoms. The largest absolute Gasteiger partial charge is 0.396 e. The van der Waals surface area contributed by atoms with Crippen molar-refractivity contribution in [3.05, 3.63) is 48.3 Å². The molecule has 2 N–H and O–H groups in total. The minimum Gasteiger partial charge on any atom is -0.396 e. The van der Waals surface area contributed by atoms with Gasteiger partial charge in [-0.05, 0) is 12.0 Å². The number of ether oxygens (including phenoxy) is 1. The van der Waals surface area contributed by atoms with E-state index in [1.54, 1.807) is 17.1 Å². The van der Waals surface area contributed by atoms with Crippen molar-refractivity contribution in [1.82, 2.24) is 9.78 Å². The predicted octanol–water partition coefficient (Wildman–Crippen LogP) is 1.72. The SMILES string of the molecule is Nc1cnn(CCOCCc2ccccc2)c1. The first kappa shape index (κ1) is 11.7. The van der Waals surface area contributed by atoms with Gasteiger partial charge in [-0.3, -0.25) is 4.68 Å². The third-order valence-electron chi connectivity index (χ3n) is 2.50. The van der Waals surface area contributed by atoms with Crippen LogP contribution in [-0.4, -0.2) is 23.0 Å². The second-order valence-electron chi connectivity index (χ2n) is 3.88. The van der Waals surface area contributed by atoms with E-state index in [0.29, 0.717) is 12.3 Å². The molecule has 1 heterocycles. The molecular weight excluding hydrogens is 214 g/mol. The van der Waals surface area contributed by atoms with Gasteiger partial charge in [0.1, 0.15) is 0 Å². The van der Waals surface area contributed by atoms with Gasteiger partial charge < -0.3 is 10.5 Å². The van der Waals surface area contributed by atoms with E-state index in [4.69, 9.17) is 10.5 Å². The first-order valence-electron chi connectivity index (χ1n) is 5.74. The van der Waals surface area contributed by atoms with Crippen LogP contribution in [0.4, 0.5) is 5.69 Å². The van der Waals surface area contributed by atoms with E-state index in [2.05, 4.69) is 17.2 Å². The molecule has 0 amide bonds. The fraction of sp³-hybridized carbons (Fsp3) is 0.308. The Balaban J connectivity index is 1.61. The van der Waals surface area contributed by atoms with Crippen LogP contribution >= 0.6 is 0 Å². The zero-order valence-electron chi connectivity index (χ0n) is 9.75. The van der Waals surface area contributed by atoms with E-state index in [9.17, 15) is 0 Å². The molecule has 2 aromatic rings. The molecule has 0 aliphatic rings. The number of anilines is 1. The highest BCUT2D eigenvalue weighted by Crippen LogP contribution is 2.00. The van der Waals surface area contributed by atoms with Gasteiger partial charge in [0.25, 0.3) is 0 Å². The van der Waals surface area contributed by atoms with Gasteiger partial charge in [-0.15, -0.1) is 0 Å². The smallest absolute Gasteiger partial charge is 0.0719 e. The molecule has 0 unspecified atom stereocenters.